The molecule has 4 heterocycles. The van der Waals surface area contributed by atoms with E-state index in [0.29, 0.717) is 29.6 Å². The first-order chi connectivity index (χ1) is 17.8. The Labute approximate surface area is 214 Å². The SMILES string of the molecule is Cc1cc(C)cc(Nc2ncc3c(n2)CN([C@H]2CCN(C(=O)c4cc5nn[nH]c5cc4F)[C@H](C)C2)C3)c1. The number of carbonyl (C=O) groups is 1. The summed E-state index contributed by atoms with van der Waals surface area (Å²) in [5, 5.41) is 13.6. The van der Waals surface area contributed by atoms with Crippen LogP contribution in [0.1, 0.15) is 52.5 Å². The number of hydrogen-bond acceptors (Lipinski definition) is 7. The molecule has 0 radical (unpaired) electrons. The number of benzene rings is 2. The first-order valence-corrected chi connectivity index (χ1v) is 12.6. The second-order valence-electron chi connectivity index (χ2n) is 10.3. The molecular formula is C27H29FN8O. The minimum atomic E-state index is -0.559. The Kier molecular flexibility index (Phi) is 5.83. The lowest BCUT2D eigenvalue weighted by atomic mass is 9.96. The molecule has 6 rings (SSSR count). The lowest BCUT2D eigenvalue weighted by molar-refractivity contribution is 0.0457. The van der Waals surface area contributed by atoms with Crippen LogP contribution in [0.25, 0.3) is 11.0 Å². The Morgan fingerprint density at radius 2 is 1.95 bits per heavy atom. The first kappa shape index (κ1) is 23.5. The average Bonchev–Trinajstić information content (AvgIpc) is 3.48. The second kappa shape index (κ2) is 9.19. The minimum Gasteiger partial charge on any atom is -0.336 e. The Morgan fingerprint density at radius 1 is 1.14 bits per heavy atom. The Balaban J connectivity index is 1.11. The van der Waals surface area contributed by atoms with Gasteiger partial charge in [-0.2, -0.15) is 0 Å². The predicted octanol–water partition coefficient (Wildman–Crippen LogP) is 4.26. The third-order valence-corrected chi connectivity index (χ3v) is 7.43. The molecule has 0 spiro atoms. The number of likely N-dealkylation sites (tertiary alicyclic amines) is 1. The fourth-order valence-corrected chi connectivity index (χ4v) is 5.64. The number of aryl methyl sites for hydroxylation is 2. The number of fused-ring (bicyclic) bond motifs is 2. The van der Waals surface area contributed by atoms with Crippen molar-refractivity contribution in [2.75, 3.05) is 11.9 Å². The maximum Gasteiger partial charge on any atom is 0.257 e. The highest BCUT2D eigenvalue weighted by atomic mass is 19.1. The monoisotopic (exact) mass is 500 g/mol. The van der Waals surface area contributed by atoms with Gasteiger partial charge in [-0.05, 0) is 62.9 Å². The lowest BCUT2D eigenvalue weighted by Crippen LogP contribution is -2.50. The summed E-state index contributed by atoms with van der Waals surface area (Å²) in [6, 6.07) is 9.37. The number of carbonyl (C=O) groups excluding carboxylic acids is 1. The smallest absolute Gasteiger partial charge is 0.257 e. The van der Waals surface area contributed by atoms with E-state index in [2.05, 4.69) is 62.7 Å². The van der Waals surface area contributed by atoms with Gasteiger partial charge in [-0.15, -0.1) is 5.10 Å². The fourth-order valence-electron chi connectivity index (χ4n) is 5.64. The van der Waals surface area contributed by atoms with Gasteiger partial charge >= 0.3 is 0 Å². The van der Waals surface area contributed by atoms with Crippen LogP contribution in [0.4, 0.5) is 16.0 Å². The van der Waals surface area contributed by atoms with E-state index in [0.717, 1.165) is 42.9 Å². The number of nitrogens with zero attached hydrogens (tertiary/aromatic N) is 6. The number of aromatic nitrogens is 5. The second-order valence-corrected chi connectivity index (χ2v) is 10.3. The average molecular weight is 501 g/mol. The van der Waals surface area contributed by atoms with Crippen LogP contribution in [0.15, 0.2) is 36.5 Å². The van der Waals surface area contributed by atoms with Gasteiger partial charge in [0.05, 0.1) is 16.8 Å². The van der Waals surface area contributed by atoms with Crippen LogP contribution in [0.3, 0.4) is 0 Å². The molecule has 10 heteroatoms. The summed E-state index contributed by atoms with van der Waals surface area (Å²) in [5.41, 5.74) is 6.54. The fraction of sp³-hybridized carbons (Fsp3) is 0.370. The van der Waals surface area contributed by atoms with Gasteiger partial charge in [0.15, 0.2) is 0 Å². The summed E-state index contributed by atoms with van der Waals surface area (Å²) >= 11 is 0. The quantitative estimate of drug-likeness (QED) is 0.432. The van der Waals surface area contributed by atoms with E-state index in [1.54, 1.807) is 4.90 Å². The van der Waals surface area contributed by atoms with Crippen LogP contribution in [-0.4, -0.2) is 59.7 Å². The van der Waals surface area contributed by atoms with Crippen molar-refractivity contribution in [2.45, 2.75) is 58.8 Å². The Morgan fingerprint density at radius 3 is 2.73 bits per heavy atom. The van der Waals surface area contributed by atoms with Gasteiger partial charge in [0.1, 0.15) is 11.3 Å². The summed E-state index contributed by atoms with van der Waals surface area (Å²) in [5.74, 6) is -0.256. The van der Waals surface area contributed by atoms with Gasteiger partial charge in [0.2, 0.25) is 5.95 Å². The van der Waals surface area contributed by atoms with E-state index in [4.69, 9.17) is 4.98 Å². The van der Waals surface area contributed by atoms with Gasteiger partial charge in [-0.25, -0.2) is 14.4 Å². The van der Waals surface area contributed by atoms with E-state index >= 15 is 0 Å². The van der Waals surface area contributed by atoms with Crippen LogP contribution >= 0.6 is 0 Å². The number of anilines is 2. The summed E-state index contributed by atoms with van der Waals surface area (Å²) in [6.45, 7) is 8.30. The zero-order valence-corrected chi connectivity index (χ0v) is 21.1. The zero-order valence-electron chi connectivity index (χ0n) is 21.1. The van der Waals surface area contributed by atoms with Crippen molar-refractivity contribution in [1.82, 2.24) is 35.2 Å². The van der Waals surface area contributed by atoms with Crippen molar-refractivity contribution in [1.29, 1.82) is 0 Å². The van der Waals surface area contributed by atoms with Gasteiger partial charge in [0, 0.05) is 55.2 Å². The van der Waals surface area contributed by atoms with Crippen molar-refractivity contribution < 1.29 is 9.18 Å². The molecule has 0 aliphatic carbocycles. The molecule has 190 valence electrons. The third-order valence-electron chi connectivity index (χ3n) is 7.43. The number of H-pyrrole nitrogens is 1. The number of aromatic amines is 1. The highest BCUT2D eigenvalue weighted by Gasteiger charge is 2.35. The molecular weight excluding hydrogens is 471 g/mol. The largest absolute Gasteiger partial charge is 0.336 e. The van der Waals surface area contributed by atoms with E-state index in [1.807, 2.05) is 13.1 Å². The molecule has 9 nitrogen and oxygen atoms in total. The standard InChI is InChI=1S/C27H29FN8O/c1-15-6-16(2)8-19(7-15)30-27-29-12-18-13-35(14-25(18)31-27)20-4-5-36(17(3)9-20)26(37)21-10-23-24(11-22(21)28)33-34-32-23/h6-8,10-12,17,20H,4-5,9,13-14H2,1-3H3,(H,29,30,31)(H,32,33,34)/t17-,20+/m1/s1. The highest BCUT2D eigenvalue weighted by molar-refractivity contribution is 5.97. The maximum absolute atomic E-state index is 14.7. The molecule has 2 atom stereocenters. The van der Waals surface area contributed by atoms with Gasteiger partial charge in [0.25, 0.3) is 5.91 Å². The van der Waals surface area contributed by atoms with Crippen molar-refractivity contribution in [3.05, 3.63) is 70.3 Å². The maximum atomic E-state index is 14.7. The summed E-state index contributed by atoms with van der Waals surface area (Å²) in [7, 11) is 0. The van der Waals surface area contributed by atoms with Crippen molar-refractivity contribution in [3.63, 3.8) is 0 Å². The summed E-state index contributed by atoms with van der Waals surface area (Å²) in [4.78, 5) is 26.8. The molecule has 2 aliphatic heterocycles. The molecule has 37 heavy (non-hydrogen) atoms. The van der Waals surface area contributed by atoms with Crippen LogP contribution in [-0.2, 0) is 13.1 Å². The third kappa shape index (κ3) is 4.53. The van der Waals surface area contributed by atoms with Crippen LogP contribution in [0.5, 0.6) is 0 Å². The van der Waals surface area contributed by atoms with Crippen molar-refractivity contribution >= 4 is 28.6 Å². The molecule has 0 unspecified atom stereocenters. The van der Waals surface area contributed by atoms with Crippen LogP contribution in [0, 0.1) is 19.7 Å². The number of piperidine rings is 1. The molecule has 2 aromatic heterocycles. The van der Waals surface area contributed by atoms with Gasteiger partial charge in [-0.3, -0.25) is 14.8 Å². The Hall–Kier alpha value is -3.92. The predicted molar refractivity (Wildman–Crippen MR) is 138 cm³/mol. The molecule has 2 aromatic carbocycles. The van der Waals surface area contributed by atoms with Crippen molar-refractivity contribution in [2.24, 2.45) is 0 Å². The number of nitrogens with one attached hydrogen (secondary N) is 2. The van der Waals surface area contributed by atoms with Crippen LogP contribution < -0.4 is 5.32 Å². The van der Waals surface area contributed by atoms with E-state index in [1.165, 1.54) is 23.3 Å². The summed E-state index contributed by atoms with van der Waals surface area (Å²) < 4.78 is 14.7. The van der Waals surface area contributed by atoms with E-state index in [9.17, 15) is 9.18 Å². The topological polar surface area (TPSA) is 103 Å². The molecule has 2 N–H and O–H groups in total. The van der Waals surface area contributed by atoms with E-state index in [-0.39, 0.29) is 17.5 Å². The molecule has 1 saturated heterocycles. The number of hydrogen-bond donors (Lipinski definition) is 2. The Bertz CT molecular complexity index is 1480. The molecule has 0 bridgehead atoms. The zero-order chi connectivity index (χ0) is 25.7. The number of rotatable bonds is 4. The van der Waals surface area contributed by atoms with Gasteiger partial charge < -0.3 is 10.2 Å². The van der Waals surface area contributed by atoms with Crippen molar-refractivity contribution in [3.8, 4) is 0 Å². The first-order valence-electron chi connectivity index (χ1n) is 12.6. The normalized spacial score (nSPS) is 19.8. The molecule has 0 saturated carbocycles. The lowest BCUT2D eigenvalue weighted by Gasteiger charge is -2.41. The number of halogens is 1. The molecule has 4 aromatic rings. The minimum absolute atomic E-state index is 0.0183. The van der Waals surface area contributed by atoms with Crippen LogP contribution in [0.2, 0.25) is 0 Å². The molecule has 1 fully saturated rings. The van der Waals surface area contributed by atoms with Gasteiger partial charge in [-0.1, -0.05) is 11.3 Å². The molecule has 2 aliphatic rings. The number of amides is 1. The highest BCUT2D eigenvalue weighted by Crippen LogP contribution is 2.31. The molecule has 1 amide bonds. The van der Waals surface area contributed by atoms with E-state index < -0.39 is 5.82 Å². The summed E-state index contributed by atoms with van der Waals surface area (Å²) in [6.07, 6.45) is 3.55.